The van der Waals surface area contributed by atoms with Gasteiger partial charge in [-0.1, -0.05) is 18.9 Å². The van der Waals surface area contributed by atoms with E-state index in [0.29, 0.717) is 13.2 Å². The summed E-state index contributed by atoms with van der Waals surface area (Å²) in [7, 11) is 0. The minimum atomic E-state index is 0.658. The lowest BCUT2D eigenvalue weighted by Crippen LogP contribution is -2.15. The highest BCUT2D eigenvalue weighted by atomic mass is 16.6. The minimum absolute atomic E-state index is 0.658. The quantitative estimate of drug-likeness (QED) is 0.771. The van der Waals surface area contributed by atoms with Gasteiger partial charge >= 0.3 is 0 Å². The molecule has 1 aliphatic rings. The molecule has 1 heterocycles. The summed E-state index contributed by atoms with van der Waals surface area (Å²) in [4.78, 5) is 0. The van der Waals surface area contributed by atoms with Crippen molar-refractivity contribution in [3.8, 4) is 11.5 Å². The number of benzene rings is 1. The summed E-state index contributed by atoms with van der Waals surface area (Å²) in [6.45, 7) is 2.13. The number of rotatable bonds is 6. The summed E-state index contributed by atoms with van der Waals surface area (Å²) in [5, 5.41) is 0. The molecular formula is C14H21NO2. The van der Waals surface area contributed by atoms with Crippen LogP contribution in [-0.4, -0.2) is 19.8 Å². The number of nitrogens with two attached hydrogens (primary N) is 1. The van der Waals surface area contributed by atoms with Crippen LogP contribution in [0.3, 0.4) is 0 Å². The van der Waals surface area contributed by atoms with Crippen molar-refractivity contribution in [2.45, 2.75) is 32.1 Å². The largest absolute Gasteiger partial charge is 0.486 e. The van der Waals surface area contributed by atoms with E-state index in [4.69, 9.17) is 15.2 Å². The Morgan fingerprint density at radius 2 is 1.71 bits per heavy atom. The van der Waals surface area contributed by atoms with Gasteiger partial charge in [-0.3, -0.25) is 0 Å². The van der Waals surface area contributed by atoms with E-state index in [2.05, 4.69) is 12.1 Å². The fraction of sp³-hybridized carbons (Fsp3) is 0.571. The third kappa shape index (κ3) is 3.63. The van der Waals surface area contributed by atoms with Gasteiger partial charge < -0.3 is 15.2 Å². The van der Waals surface area contributed by atoms with E-state index in [1.165, 1.54) is 24.8 Å². The molecule has 3 nitrogen and oxygen atoms in total. The van der Waals surface area contributed by atoms with Crippen molar-refractivity contribution in [3.63, 3.8) is 0 Å². The molecule has 1 aromatic carbocycles. The Morgan fingerprint density at radius 3 is 2.53 bits per heavy atom. The Hall–Kier alpha value is -1.22. The van der Waals surface area contributed by atoms with Crippen LogP contribution in [0.25, 0.3) is 0 Å². The molecule has 1 aromatic rings. The van der Waals surface area contributed by atoms with E-state index >= 15 is 0 Å². The van der Waals surface area contributed by atoms with Crippen molar-refractivity contribution in [1.82, 2.24) is 0 Å². The standard InChI is InChI=1S/C14H21NO2/c15-8-4-2-1-3-5-12-6-7-13-14(11-12)17-10-9-16-13/h6-7,11H,1-5,8-10,15H2. The fourth-order valence-corrected chi connectivity index (χ4v) is 2.07. The first-order chi connectivity index (χ1) is 8.40. The van der Waals surface area contributed by atoms with Gasteiger partial charge in [-0.15, -0.1) is 0 Å². The number of aryl methyl sites for hydroxylation is 1. The van der Waals surface area contributed by atoms with Gasteiger partial charge in [0, 0.05) is 0 Å². The normalized spacial score (nSPS) is 13.7. The number of hydrogen-bond acceptors (Lipinski definition) is 3. The van der Waals surface area contributed by atoms with Gasteiger partial charge in [0.2, 0.25) is 0 Å². The lowest BCUT2D eigenvalue weighted by molar-refractivity contribution is 0.171. The van der Waals surface area contributed by atoms with E-state index in [1.54, 1.807) is 0 Å². The topological polar surface area (TPSA) is 44.5 Å². The van der Waals surface area contributed by atoms with Crippen LogP contribution in [-0.2, 0) is 6.42 Å². The molecule has 2 N–H and O–H groups in total. The van der Waals surface area contributed by atoms with Crippen LogP contribution in [0.5, 0.6) is 11.5 Å². The molecule has 0 fully saturated rings. The smallest absolute Gasteiger partial charge is 0.161 e. The van der Waals surface area contributed by atoms with Crippen LogP contribution < -0.4 is 15.2 Å². The van der Waals surface area contributed by atoms with Gasteiger partial charge in [0.05, 0.1) is 0 Å². The Kier molecular flexibility index (Phi) is 4.68. The summed E-state index contributed by atoms with van der Waals surface area (Å²) in [5.41, 5.74) is 6.80. The summed E-state index contributed by atoms with van der Waals surface area (Å²) >= 11 is 0. The molecule has 0 atom stereocenters. The molecule has 0 saturated heterocycles. The molecule has 0 unspecified atom stereocenters. The average molecular weight is 235 g/mol. The van der Waals surface area contributed by atoms with Gasteiger partial charge in [0.1, 0.15) is 13.2 Å². The van der Waals surface area contributed by atoms with E-state index in [-0.39, 0.29) is 0 Å². The van der Waals surface area contributed by atoms with Crippen LogP contribution in [0, 0.1) is 0 Å². The summed E-state index contributed by atoms with van der Waals surface area (Å²) in [6, 6.07) is 6.26. The average Bonchev–Trinajstić information content (AvgIpc) is 2.38. The summed E-state index contributed by atoms with van der Waals surface area (Å²) in [6.07, 6.45) is 5.97. The predicted octanol–water partition coefficient (Wildman–Crippen LogP) is 2.52. The maximum Gasteiger partial charge on any atom is 0.161 e. The second kappa shape index (κ2) is 6.50. The summed E-state index contributed by atoms with van der Waals surface area (Å²) < 4.78 is 11.1. The molecule has 0 radical (unpaired) electrons. The number of ether oxygens (including phenoxy) is 2. The van der Waals surface area contributed by atoms with Gasteiger partial charge in [0.25, 0.3) is 0 Å². The molecule has 0 spiro atoms. The Morgan fingerprint density at radius 1 is 0.941 bits per heavy atom. The zero-order valence-electron chi connectivity index (χ0n) is 10.3. The lowest BCUT2D eigenvalue weighted by atomic mass is 10.1. The number of unbranched alkanes of at least 4 members (excludes halogenated alkanes) is 3. The Bertz CT molecular complexity index is 352. The first kappa shape index (κ1) is 12.2. The second-order valence-corrected chi connectivity index (χ2v) is 4.43. The first-order valence-corrected chi connectivity index (χ1v) is 6.49. The summed E-state index contributed by atoms with van der Waals surface area (Å²) in [5.74, 6) is 1.78. The molecule has 3 heteroatoms. The van der Waals surface area contributed by atoms with Crippen molar-refractivity contribution in [2.24, 2.45) is 5.73 Å². The molecule has 0 amide bonds. The molecular weight excluding hydrogens is 214 g/mol. The third-order valence-corrected chi connectivity index (χ3v) is 3.03. The van der Waals surface area contributed by atoms with Crippen molar-refractivity contribution < 1.29 is 9.47 Å². The van der Waals surface area contributed by atoms with E-state index in [0.717, 1.165) is 30.9 Å². The minimum Gasteiger partial charge on any atom is -0.486 e. The van der Waals surface area contributed by atoms with Gasteiger partial charge in [-0.2, -0.15) is 0 Å². The second-order valence-electron chi connectivity index (χ2n) is 4.43. The van der Waals surface area contributed by atoms with Gasteiger partial charge in [-0.05, 0) is 43.5 Å². The highest BCUT2D eigenvalue weighted by molar-refractivity contribution is 5.43. The molecule has 1 aliphatic heterocycles. The molecule has 0 aliphatic carbocycles. The van der Waals surface area contributed by atoms with Crippen LogP contribution in [0.1, 0.15) is 31.2 Å². The van der Waals surface area contributed by atoms with E-state index in [1.807, 2.05) is 6.07 Å². The van der Waals surface area contributed by atoms with Gasteiger partial charge in [0.15, 0.2) is 11.5 Å². The lowest BCUT2D eigenvalue weighted by Gasteiger charge is -2.18. The van der Waals surface area contributed by atoms with Crippen LogP contribution in [0.2, 0.25) is 0 Å². The van der Waals surface area contributed by atoms with E-state index < -0.39 is 0 Å². The van der Waals surface area contributed by atoms with Crippen LogP contribution in [0.4, 0.5) is 0 Å². The molecule has 0 bridgehead atoms. The maximum absolute atomic E-state index is 5.57. The predicted molar refractivity (Wildman–Crippen MR) is 68.7 cm³/mol. The molecule has 2 rings (SSSR count). The maximum atomic E-state index is 5.57. The molecule has 17 heavy (non-hydrogen) atoms. The Balaban J connectivity index is 1.81. The SMILES string of the molecule is NCCCCCCc1ccc2c(c1)OCCO2. The molecule has 0 saturated carbocycles. The van der Waals surface area contributed by atoms with Gasteiger partial charge in [-0.25, -0.2) is 0 Å². The number of fused-ring (bicyclic) bond motifs is 1. The van der Waals surface area contributed by atoms with Crippen LogP contribution >= 0.6 is 0 Å². The molecule has 94 valence electrons. The zero-order chi connectivity index (χ0) is 11.9. The van der Waals surface area contributed by atoms with Crippen LogP contribution in [0.15, 0.2) is 18.2 Å². The monoisotopic (exact) mass is 235 g/mol. The Labute approximate surface area is 103 Å². The first-order valence-electron chi connectivity index (χ1n) is 6.49. The van der Waals surface area contributed by atoms with Crippen molar-refractivity contribution >= 4 is 0 Å². The highest BCUT2D eigenvalue weighted by Gasteiger charge is 2.11. The highest BCUT2D eigenvalue weighted by Crippen LogP contribution is 2.31. The van der Waals surface area contributed by atoms with Crippen molar-refractivity contribution in [1.29, 1.82) is 0 Å². The van der Waals surface area contributed by atoms with E-state index in [9.17, 15) is 0 Å². The number of hydrogen-bond donors (Lipinski definition) is 1. The van der Waals surface area contributed by atoms with Crippen molar-refractivity contribution in [2.75, 3.05) is 19.8 Å². The third-order valence-electron chi connectivity index (χ3n) is 3.03. The molecule has 0 aromatic heterocycles. The van der Waals surface area contributed by atoms with Crippen molar-refractivity contribution in [3.05, 3.63) is 23.8 Å². The zero-order valence-corrected chi connectivity index (χ0v) is 10.3. The fourth-order valence-electron chi connectivity index (χ4n) is 2.07.